The molecule has 0 spiro atoms. The zero-order valence-electron chi connectivity index (χ0n) is 16.2. The maximum Gasteiger partial charge on any atom is 0.326 e. The Morgan fingerprint density at radius 2 is 1.12 bits per heavy atom. The summed E-state index contributed by atoms with van der Waals surface area (Å²) in [5, 5.41) is 3.31. The smallest absolute Gasteiger partial charge is 0.326 e. The van der Waals surface area contributed by atoms with E-state index in [9.17, 15) is 9.59 Å². The van der Waals surface area contributed by atoms with Crippen molar-refractivity contribution >= 4 is 11.9 Å². The Kier molecular flexibility index (Phi) is 10.6. The molecule has 1 heterocycles. The van der Waals surface area contributed by atoms with Crippen molar-refractivity contribution in [1.82, 2.24) is 19.9 Å². The van der Waals surface area contributed by atoms with E-state index in [-0.39, 0.29) is 11.9 Å². The molecule has 0 aromatic rings. The zero-order valence-corrected chi connectivity index (χ0v) is 16.2. The first-order valence-electron chi connectivity index (χ1n) is 9.38. The van der Waals surface area contributed by atoms with E-state index in [1.807, 2.05) is 27.7 Å². The van der Waals surface area contributed by atoms with Crippen molar-refractivity contribution in [3.63, 3.8) is 0 Å². The van der Waals surface area contributed by atoms with Crippen LogP contribution < -0.4 is 0 Å². The van der Waals surface area contributed by atoms with Crippen LogP contribution in [-0.2, 0) is 19.3 Å². The Morgan fingerprint density at radius 3 is 1.44 bits per heavy atom. The van der Waals surface area contributed by atoms with E-state index in [1.165, 1.54) is 0 Å². The molecular formula is C17H34N4O4. The van der Waals surface area contributed by atoms with Crippen LogP contribution in [0, 0.1) is 0 Å². The molecule has 1 fully saturated rings. The number of carbonyl (C=O) groups excluding carboxylic acids is 2. The van der Waals surface area contributed by atoms with E-state index in [4.69, 9.17) is 9.68 Å². The Bertz CT molecular complexity index is 364. The van der Waals surface area contributed by atoms with Crippen LogP contribution in [0.5, 0.6) is 0 Å². The molecule has 0 saturated carbocycles. The first-order chi connectivity index (χ1) is 12.0. The van der Waals surface area contributed by atoms with E-state index in [2.05, 4.69) is 9.80 Å². The molecule has 8 heteroatoms. The lowest BCUT2D eigenvalue weighted by Gasteiger charge is -2.20. The molecule has 0 atom stereocenters. The van der Waals surface area contributed by atoms with Crippen LogP contribution in [-0.4, -0.2) is 90.9 Å². The first kappa shape index (κ1) is 21.8. The monoisotopic (exact) mass is 358 g/mol. The Balaban J connectivity index is 2.19. The van der Waals surface area contributed by atoms with Gasteiger partial charge in [-0.15, -0.1) is 10.1 Å². The van der Waals surface area contributed by atoms with Gasteiger partial charge in [0.25, 0.3) is 0 Å². The quantitative estimate of drug-likeness (QED) is 0.478. The summed E-state index contributed by atoms with van der Waals surface area (Å²) in [6.07, 6.45) is 0.767. The third-order valence-electron chi connectivity index (χ3n) is 4.27. The van der Waals surface area contributed by atoms with Gasteiger partial charge in [0.15, 0.2) is 0 Å². The summed E-state index contributed by atoms with van der Waals surface area (Å²) in [7, 11) is 0. The molecule has 1 rings (SSSR count). The van der Waals surface area contributed by atoms with Gasteiger partial charge in [-0.25, -0.2) is 0 Å². The van der Waals surface area contributed by atoms with Crippen molar-refractivity contribution in [3.8, 4) is 0 Å². The van der Waals surface area contributed by atoms with Gasteiger partial charge < -0.3 is 9.68 Å². The fraction of sp³-hybridized carbons (Fsp3) is 0.882. The summed E-state index contributed by atoms with van der Waals surface area (Å²) < 4.78 is 0. The molecule has 1 aliphatic heterocycles. The predicted octanol–water partition coefficient (Wildman–Crippen LogP) is 0.942. The summed E-state index contributed by atoms with van der Waals surface area (Å²) >= 11 is 0. The van der Waals surface area contributed by atoms with Gasteiger partial charge in [0.05, 0.1) is 19.5 Å². The molecule has 0 aromatic carbocycles. The van der Waals surface area contributed by atoms with E-state index in [1.54, 1.807) is 10.1 Å². The summed E-state index contributed by atoms with van der Waals surface area (Å²) in [5.74, 6) is -0.380. The minimum Gasteiger partial charge on any atom is -0.368 e. The van der Waals surface area contributed by atoms with Crippen molar-refractivity contribution < 1.29 is 19.3 Å². The third kappa shape index (κ3) is 8.62. The number of carbonyl (C=O) groups is 2. The standard InChI is InChI=1S/C17H34N4O4/c1-5-20(6-2)24-16(22)9-11-18-13-14-19(15-18)12-10-17(23)25-21(7-3)8-4/h5-15H2,1-4H3. The van der Waals surface area contributed by atoms with Gasteiger partial charge in [-0.1, -0.05) is 0 Å². The summed E-state index contributed by atoms with van der Waals surface area (Å²) in [4.78, 5) is 38.6. The molecule has 0 bridgehead atoms. The Labute approximate surface area is 151 Å². The predicted molar refractivity (Wildman–Crippen MR) is 95.3 cm³/mol. The largest absolute Gasteiger partial charge is 0.368 e. The molecule has 0 unspecified atom stereocenters. The van der Waals surface area contributed by atoms with E-state index in [0.717, 1.165) is 19.8 Å². The minimum atomic E-state index is -0.190. The van der Waals surface area contributed by atoms with Gasteiger partial charge >= 0.3 is 11.9 Å². The summed E-state index contributed by atoms with van der Waals surface area (Å²) in [6.45, 7) is 14.6. The lowest BCUT2D eigenvalue weighted by Crippen LogP contribution is -2.32. The van der Waals surface area contributed by atoms with Gasteiger partial charge in [-0.3, -0.25) is 19.4 Å². The molecule has 0 radical (unpaired) electrons. The molecule has 1 saturated heterocycles. The van der Waals surface area contributed by atoms with Crippen molar-refractivity contribution in [2.75, 3.05) is 59.0 Å². The number of hydrogen-bond donors (Lipinski definition) is 0. The summed E-state index contributed by atoms with van der Waals surface area (Å²) in [6, 6.07) is 0. The van der Waals surface area contributed by atoms with Gasteiger partial charge in [0, 0.05) is 52.4 Å². The fourth-order valence-corrected chi connectivity index (χ4v) is 2.66. The second-order valence-corrected chi connectivity index (χ2v) is 6.03. The molecule has 25 heavy (non-hydrogen) atoms. The van der Waals surface area contributed by atoms with Gasteiger partial charge in [-0.2, -0.15) is 0 Å². The highest BCUT2D eigenvalue weighted by atomic mass is 16.7. The molecular weight excluding hydrogens is 324 g/mol. The van der Waals surface area contributed by atoms with Crippen molar-refractivity contribution in [2.24, 2.45) is 0 Å². The van der Waals surface area contributed by atoms with Crippen LogP contribution in [0.4, 0.5) is 0 Å². The molecule has 0 aromatic heterocycles. The molecule has 8 nitrogen and oxygen atoms in total. The van der Waals surface area contributed by atoms with Crippen LogP contribution in [0.1, 0.15) is 40.5 Å². The van der Waals surface area contributed by atoms with Crippen LogP contribution >= 0.6 is 0 Å². The Morgan fingerprint density at radius 1 is 0.760 bits per heavy atom. The van der Waals surface area contributed by atoms with Crippen molar-refractivity contribution in [2.45, 2.75) is 40.5 Å². The van der Waals surface area contributed by atoms with Crippen LogP contribution in [0.25, 0.3) is 0 Å². The molecule has 0 amide bonds. The maximum atomic E-state index is 11.8. The first-order valence-corrected chi connectivity index (χ1v) is 9.38. The van der Waals surface area contributed by atoms with E-state index in [0.29, 0.717) is 52.1 Å². The van der Waals surface area contributed by atoms with Gasteiger partial charge in [-0.05, 0) is 27.7 Å². The number of hydroxylamine groups is 4. The fourth-order valence-electron chi connectivity index (χ4n) is 2.66. The normalized spacial score (nSPS) is 15.9. The number of hydrogen-bond acceptors (Lipinski definition) is 8. The molecule has 0 N–H and O–H groups in total. The topological polar surface area (TPSA) is 65.6 Å². The number of nitrogens with zero attached hydrogens (tertiary/aromatic N) is 4. The average molecular weight is 358 g/mol. The highest BCUT2D eigenvalue weighted by Crippen LogP contribution is 2.07. The lowest BCUT2D eigenvalue weighted by atomic mass is 10.4. The zero-order chi connectivity index (χ0) is 18.7. The molecule has 1 aliphatic rings. The highest BCUT2D eigenvalue weighted by molar-refractivity contribution is 5.69. The van der Waals surface area contributed by atoms with Crippen LogP contribution in [0.15, 0.2) is 0 Å². The third-order valence-corrected chi connectivity index (χ3v) is 4.27. The molecule has 146 valence electrons. The Hall–Kier alpha value is -1.22. The van der Waals surface area contributed by atoms with Gasteiger partial charge in [0.1, 0.15) is 0 Å². The van der Waals surface area contributed by atoms with Crippen molar-refractivity contribution in [3.05, 3.63) is 0 Å². The minimum absolute atomic E-state index is 0.190. The van der Waals surface area contributed by atoms with Gasteiger partial charge in [0.2, 0.25) is 0 Å². The maximum absolute atomic E-state index is 11.8. The van der Waals surface area contributed by atoms with Crippen LogP contribution in [0.2, 0.25) is 0 Å². The second-order valence-electron chi connectivity index (χ2n) is 6.03. The lowest BCUT2D eigenvalue weighted by molar-refractivity contribution is -0.189. The average Bonchev–Trinajstić information content (AvgIpc) is 3.08. The van der Waals surface area contributed by atoms with E-state index >= 15 is 0 Å². The van der Waals surface area contributed by atoms with E-state index < -0.39 is 0 Å². The summed E-state index contributed by atoms with van der Waals surface area (Å²) in [5.41, 5.74) is 0. The van der Waals surface area contributed by atoms with Crippen molar-refractivity contribution in [1.29, 1.82) is 0 Å². The molecule has 0 aliphatic carbocycles. The SMILES string of the molecule is CCN(CC)OC(=O)CCN1CCN(CCC(=O)ON(CC)CC)C1. The second kappa shape index (κ2) is 12.2. The highest BCUT2D eigenvalue weighted by Gasteiger charge is 2.22. The number of rotatable bonds is 12. The van der Waals surface area contributed by atoms with Crippen LogP contribution in [0.3, 0.4) is 0 Å².